The van der Waals surface area contributed by atoms with Crippen LogP contribution in [0.25, 0.3) is 0 Å². The first kappa shape index (κ1) is 15.2. The molecule has 94 valence electrons. The molecule has 16 heavy (non-hydrogen) atoms. The molecule has 0 spiro atoms. The summed E-state index contributed by atoms with van der Waals surface area (Å²) in [5.41, 5.74) is 0.194. The van der Waals surface area contributed by atoms with Crippen LogP contribution in [0.3, 0.4) is 0 Å². The summed E-state index contributed by atoms with van der Waals surface area (Å²) in [6, 6.07) is 0. The van der Waals surface area contributed by atoms with Crippen LogP contribution in [0, 0.1) is 0 Å². The van der Waals surface area contributed by atoms with Crippen molar-refractivity contribution in [3.63, 3.8) is 0 Å². The number of ether oxygens (including phenoxy) is 1. The van der Waals surface area contributed by atoms with Crippen LogP contribution in [0.15, 0.2) is 12.2 Å². The van der Waals surface area contributed by atoms with E-state index in [2.05, 4.69) is 14.9 Å². The van der Waals surface area contributed by atoms with Crippen molar-refractivity contribution in [1.29, 1.82) is 0 Å². The van der Waals surface area contributed by atoms with Crippen molar-refractivity contribution < 1.29 is 30.3 Å². The van der Waals surface area contributed by atoms with Gasteiger partial charge in [-0.15, -0.1) is 0 Å². The zero-order valence-corrected chi connectivity index (χ0v) is 10.1. The first-order chi connectivity index (χ1) is 7.24. The molecule has 7 nitrogen and oxygen atoms in total. The van der Waals surface area contributed by atoms with E-state index in [9.17, 15) is 22.0 Å². The highest BCUT2D eigenvalue weighted by Gasteiger charge is 2.12. The van der Waals surface area contributed by atoms with Gasteiger partial charge in [-0.05, 0) is 13.3 Å². The Hall–Kier alpha value is -0.770. The molecule has 0 radical (unpaired) electrons. The van der Waals surface area contributed by atoms with Crippen LogP contribution < -0.4 is 0 Å². The van der Waals surface area contributed by atoms with E-state index in [1.165, 1.54) is 6.92 Å². The van der Waals surface area contributed by atoms with E-state index in [1.54, 1.807) is 0 Å². The molecule has 0 aromatic carbocycles. The minimum absolute atomic E-state index is 0.0570. The van der Waals surface area contributed by atoms with E-state index in [0.717, 1.165) is 0 Å². The largest absolute Gasteiger partial charge is 0.749 e. The lowest BCUT2D eigenvalue weighted by Crippen LogP contribution is -2.15. The second-order valence-corrected chi connectivity index (χ2v) is 5.28. The lowest BCUT2D eigenvalue weighted by atomic mass is 10.4. The van der Waals surface area contributed by atoms with Gasteiger partial charge in [0.05, 0.1) is 12.4 Å². The fourth-order valence-corrected chi connectivity index (χ4v) is 2.06. The van der Waals surface area contributed by atoms with Crippen LogP contribution in [-0.4, -0.2) is 35.5 Å². The minimum Gasteiger partial charge on any atom is -0.749 e. The molecule has 0 saturated heterocycles. The fraction of sp³-hybridized carbons (Fsp3) is 0.571. The molecule has 1 atom stereocenters. The molecule has 9 heteroatoms. The molecule has 0 N–H and O–H groups in total. The maximum Gasteiger partial charge on any atom is 0.333 e. The van der Waals surface area contributed by atoms with Gasteiger partial charge in [0, 0.05) is 5.57 Å². The molecule has 0 aromatic rings. The molecule has 0 aromatic heterocycles. The van der Waals surface area contributed by atoms with Gasteiger partial charge in [0.15, 0.2) is 0 Å². The third-order valence-corrected chi connectivity index (χ3v) is 3.34. The smallest absolute Gasteiger partial charge is 0.333 e. The van der Waals surface area contributed by atoms with E-state index in [4.69, 9.17) is 0 Å². The fourth-order valence-electron chi connectivity index (χ4n) is 0.642. The first-order valence-electron chi connectivity index (χ1n) is 4.09. The quantitative estimate of drug-likeness (QED) is 0.269. The van der Waals surface area contributed by atoms with Crippen molar-refractivity contribution in [2.24, 2.45) is 0 Å². The van der Waals surface area contributed by atoms with Crippen molar-refractivity contribution in [2.45, 2.75) is 13.3 Å². The molecule has 0 bridgehead atoms. The second kappa shape index (κ2) is 6.74. The van der Waals surface area contributed by atoms with Crippen LogP contribution >= 0.6 is 0 Å². The number of esters is 1. The Balaban J connectivity index is 3.87. The molecule has 0 fully saturated rings. The zero-order valence-electron chi connectivity index (χ0n) is 8.50. The van der Waals surface area contributed by atoms with Crippen molar-refractivity contribution in [3.8, 4) is 0 Å². The Bertz CT molecular complexity index is 384. The van der Waals surface area contributed by atoms with Gasteiger partial charge in [-0.3, -0.25) is 0 Å². The standard InChI is InChI=1S/C7H12O7S2/c1-6(2)7(8)13-4-3-5-16(11,12)14-15(9)10/h1,3-5H2,2H3,(H,9,10)/p-1. The van der Waals surface area contributed by atoms with E-state index in [1.807, 2.05) is 0 Å². The monoisotopic (exact) mass is 271 g/mol. The van der Waals surface area contributed by atoms with Crippen LogP contribution in [0.2, 0.25) is 0 Å². The highest BCUT2D eigenvalue weighted by molar-refractivity contribution is 7.95. The summed E-state index contributed by atoms with van der Waals surface area (Å²) in [7, 11) is -4.13. The SMILES string of the molecule is C=C(C)C(=O)OCCCS(=O)(=O)OS(=O)[O-]. The van der Waals surface area contributed by atoms with Crippen molar-refractivity contribution in [3.05, 3.63) is 12.2 Å². The molecule has 0 amide bonds. The summed E-state index contributed by atoms with van der Waals surface area (Å²) in [5, 5.41) is 0. The minimum atomic E-state index is -4.13. The molecule has 0 aliphatic carbocycles. The summed E-state index contributed by atoms with van der Waals surface area (Å²) in [4.78, 5) is 10.8. The van der Waals surface area contributed by atoms with Gasteiger partial charge >= 0.3 is 5.97 Å². The number of carbonyl (C=O) groups is 1. The van der Waals surface area contributed by atoms with Gasteiger partial charge in [-0.2, -0.15) is 12.0 Å². The van der Waals surface area contributed by atoms with Gasteiger partial charge < -0.3 is 9.29 Å². The Morgan fingerprint density at radius 3 is 2.50 bits per heavy atom. The Labute approximate surface area is 96.0 Å². The Kier molecular flexibility index (Phi) is 6.41. The topological polar surface area (TPSA) is 110 Å². The molecule has 0 aliphatic rings. The molecular weight excluding hydrogens is 260 g/mol. The lowest BCUT2D eigenvalue weighted by molar-refractivity contribution is -0.138. The molecule has 1 unspecified atom stereocenters. The average molecular weight is 271 g/mol. The highest BCUT2D eigenvalue weighted by Crippen LogP contribution is 2.00. The maximum atomic E-state index is 10.8. The molecular formula is C7H11O7S2-. The third-order valence-electron chi connectivity index (χ3n) is 1.28. The van der Waals surface area contributed by atoms with E-state index < -0.39 is 33.2 Å². The third kappa shape index (κ3) is 7.51. The Morgan fingerprint density at radius 2 is 2.06 bits per heavy atom. The zero-order chi connectivity index (χ0) is 12.8. The van der Waals surface area contributed by atoms with Crippen LogP contribution in [0.4, 0.5) is 0 Å². The van der Waals surface area contributed by atoms with Crippen LogP contribution in [0.5, 0.6) is 0 Å². The summed E-state index contributed by atoms with van der Waals surface area (Å²) in [5.74, 6) is -1.18. The average Bonchev–Trinajstić information content (AvgIpc) is 2.09. The molecule has 0 rings (SSSR count). The normalized spacial score (nSPS) is 13.1. The van der Waals surface area contributed by atoms with Crippen LogP contribution in [-0.2, 0) is 34.6 Å². The predicted molar refractivity (Wildman–Crippen MR) is 54.2 cm³/mol. The second-order valence-electron chi connectivity index (χ2n) is 2.80. The predicted octanol–water partition coefficient (Wildman–Crippen LogP) is -0.364. The first-order valence-corrected chi connectivity index (χ1v) is 6.67. The van der Waals surface area contributed by atoms with Gasteiger partial charge in [-0.25, -0.2) is 9.00 Å². The number of carbonyl (C=O) groups excluding carboxylic acids is 1. The van der Waals surface area contributed by atoms with Crippen LogP contribution in [0.1, 0.15) is 13.3 Å². The van der Waals surface area contributed by atoms with E-state index in [-0.39, 0.29) is 18.6 Å². The van der Waals surface area contributed by atoms with Gasteiger partial charge in [0.25, 0.3) is 10.1 Å². The molecule has 0 saturated carbocycles. The van der Waals surface area contributed by atoms with Gasteiger partial charge in [-0.1, -0.05) is 6.58 Å². The molecule has 0 aliphatic heterocycles. The number of hydrogen-bond donors (Lipinski definition) is 0. The number of hydrogen-bond acceptors (Lipinski definition) is 7. The van der Waals surface area contributed by atoms with Gasteiger partial charge in [0.1, 0.15) is 11.4 Å². The van der Waals surface area contributed by atoms with Crippen molar-refractivity contribution in [1.82, 2.24) is 0 Å². The number of rotatable bonds is 7. The molecule has 0 heterocycles. The van der Waals surface area contributed by atoms with Gasteiger partial charge in [0.2, 0.25) is 0 Å². The summed E-state index contributed by atoms with van der Waals surface area (Å²) >= 11 is -3.12. The summed E-state index contributed by atoms with van der Waals surface area (Å²) in [6.45, 7) is 4.62. The highest BCUT2D eigenvalue weighted by atomic mass is 32.3. The van der Waals surface area contributed by atoms with Crippen molar-refractivity contribution >= 4 is 27.4 Å². The summed E-state index contributed by atoms with van der Waals surface area (Å²) in [6.07, 6.45) is -0.0570. The summed E-state index contributed by atoms with van der Waals surface area (Å²) < 4.78 is 49.8. The lowest BCUT2D eigenvalue weighted by Gasteiger charge is -2.07. The van der Waals surface area contributed by atoms with E-state index >= 15 is 0 Å². The van der Waals surface area contributed by atoms with E-state index in [0.29, 0.717) is 0 Å². The Morgan fingerprint density at radius 1 is 1.50 bits per heavy atom. The maximum absolute atomic E-state index is 10.8. The van der Waals surface area contributed by atoms with Crippen molar-refractivity contribution in [2.75, 3.05) is 12.4 Å².